The van der Waals surface area contributed by atoms with Gasteiger partial charge in [-0.05, 0) is 43.5 Å². The van der Waals surface area contributed by atoms with Crippen molar-refractivity contribution in [2.75, 3.05) is 20.1 Å². The number of amides is 2. The summed E-state index contributed by atoms with van der Waals surface area (Å²) in [5.41, 5.74) is 1.37. The Morgan fingerprint density at radius 3 is 2.78 bits per heavy atom. The molecule has 3 aliphatic rings. The van der Waals surface area contributed by atoms with Crippen LogP contribution in [0.2, 0.25) is 0 Å². The number of guanidine groups is 1. The minimum atomic E-state index is -0.759. The third-order valence-corrected chi connectivity index (χ3v) is 8.53. The number of pyridine rings is 1. The first-order valence-corrected chi connectivity index (χ1v) is 12.2. The minimum absolute atomic E-state index is 0.0606. The van der Waals surface area contributed by atoms with Gasteiger partial charge in [0.25, 0.3) is 0 Å². The number of carbonyl (C=O) groups is 2. The first kappa shape index (κ1) is 21.1. The summed E-state index contributed by atoms with van der Waals surface area (Å²) >= 11 is 1.62. The number of hydrogen-bond donors (Lipinski definition) is 2. The Balaban J connectivity index is 1.51. The van der Waals surface area contributed by atoms with E-state index in [0.717, 1.165) is 46.6 Å². The van der Waals surface area contributed by atoms with Crippen LogP contribution >= 0.6 is 11.3 Å². The second-order valence-corrected chi connectivity index (χ2v) is 10.4. The molecule has 0 bridgehead atoms. The van der Waals surface area contributed by atoms with E-state index in [-0.39, 0.29) is 23.7 Å². The molecule has 2 N–H and O–H groups in total. The van der Waals surface area contributed by atoms with Gasteiger partial charge in [0.1, 0.15) is 5.54 Å². The summed E-state index contributed by atoms with van der Waals surface area (Å²) < 4.78 is 0. The molecule has 2 aromatic heterocycles. The van der Waals surface area contributed by atoms with Gasteiger partial charge in [0.15, 0.2) is 5.96 Å². The highest BCUT2D eigenvalue weighted by Gasteiger charge is 2.58. The zero-order valence-electron chi connectivity index (χ0n) is 18.6. The molecular weight excluding hydrogens is 422 g/mol. The van der Waals surface area contributed by atoms with E-state index in [4.69, 9.17) is 5.41 Å². The maximum atomic E-state index is 13.4. The molecule has 2 aromatic rings. The fourth-order valence-corrected chi connectivity index (χ4v) is 6.59. The van der Waals surface area contributed by atoms with E-state index >= 15 is 0 Å². The minimum Gasteiger partial charge on any atom is -0.343 e. The third kappa shape index (κ3) is 3.41. The second kappa shape index (κ2) is 7.99. The number of nitrogens with one attached hydrogen (secondary N) is 2. The van der Waals surface area contributed by atoms with Gasteiger partial charge in [-0.3, -0.25) is 24.9 Å². The highest BCUT2D eigenvalue weighted by molar-refractivity contribution is 7.15. The van der Waals surface area contributed by atoms with E-state index in [1.807, 2.05) is 30.3 Å². The molecule has 2 unspecified atom stereocenters. The van der Waals surface area contributed by atoms with Crippen LogP contribution in [-0.4, -0.2) is 52.7 Å². The Hall–Kier alpha value is -2.74. The summed E-state index contributed by atoms with van der Waals surface area (Å²) in [5.74, 6) is -0.186. The average molecular weight is 452 g/mol. The molecule has 2 amide bonds. The van der Waals surface area contributed by atoms with Crippen molar-refractivity contribution in [1.82, 2.24) is 20.1 Å². The monoisotopic (exact) mass is 451 g/mol. The van der Waals surface area contributed by atoms with Crippen LogP contribution in [0, 0.1) is 24.2 Å². The lowest BCUT2D eigenvalue weighted by Crippen LogP contribution is -2.64. The van der Waals surface area contributed by atoms with Crippen molar-refractivity contribution in [2.24, 2.45) is 11.8 Å². The first-order valence-electron chi connectivity index (χ1n) is 11.3. The molecule has 1 saturated carbocycles. The molecule has 1 aliphatic carbocycles. The van der Waals surface area contributed by atoms with Gasteiger partial charge in [-0.25, -0.2) is 0 Å². The summed E-state index contributed by atoms with van der Waals surface area (Å²) in [6, 6.07) is 6.20. The number of thiophene rings is 1. The molecule has 2 aliphatic heterocycles. The van der Waals surface area contributed by atoms with Gasteiger partial charge in [0.05, 0.1) is 5.92 Å². The molecule has 2 saturated heterocycles. The van der Waals surface area contributed by atoms with Gasteiger partial charge in [0.2, 0.25) is 11.8 Å². The molecule has 8 heteroatoms. The van der Waals surface area contributed by atoms with E-state index in [2.05, 4.69) is 22.4 Å². The van der Waals surface area contributed by atoms with Crippen LogP contribution in [0.25, 0.3) is 10.4 Å². The Bertz CT molecular complexity index is 1080. The molecular formula is C24H29N5O2S. The van der Waals surface area contributed by atoms with Crippen molar-refractivity contribution in [2.45, 2.75) is 44.6 Å². The average Bonchev–Trinajstić information content (AvgIpc) is 3.44. The lowest BCUT2D eigenvalue weighted by atomic mass is 9.83. The number of fused-ring (bicyclic) bond motifs is 1. The molecule has 4 heterocycles. The summed E-state index contributed by atoms with van der Waals surface area (Å²) in [6.45, 7) is 2.84. The van der Waals surface area contributed by atoms with E-state index in [1.165, 1.54) is 11.3 Å². The largest absolute Gasteiger partial charge is 0.343 e. The summed E-state index contributed by atoms with van der Waals surface area (Å²) in [4.78, 5) is 36.3. The number of nitrogens with zero attached hydrogens (tertiary/aromatic N) is 3. The van der Waals surface area contributed by atoms with Gasteiger partial charge in [-0.2, -0.15) is 0 Å². The van der Waals surface area contributed by atoms with Gasteiger partial charge < -0.3 is 10.2 Å². The molecule has 168 valence electrons. The van der Waals surface area contributed by atoms with Crippen molar-refractivity contribution in [1.29, 1.82) is 5.41 Å². The molecule has 0 aromatic carbocycles. The molecule has 0 radical (unpaired) electrons. The normalized spacial score (nSPS) is 26.2. The predicted molar refractivity (Wildman–Crippen MR) is 124 cm³/mol. The van der Waals surface area contributed by atoms with Crippen LogP contribution in [0.5, 0.6) is 0 Å². The van der Waals surface area contributed by atoms with Crippen LogP contribution < -0.4 is 5.32 Å². The molecule has 2 atom stereocenters. The zero-order valence-corrected chi connectivity index (χ0v) is 19.4. The smallest absolute Gasteiger partial charge is 0.236 e. The van der Waals surface area contributed by atoms with E-state index < -0.39 is 11.5 Å². The molecule has 5 rings (SSSR count). The quantitative estimate of drug-likeness (QED) is 0.749. The lowest BCUT2D eigenvalue weighted by molar-refractivity contribution is -0.136. The topological polar surface area (TPSA) is 89.4 Å². The van der Waals surface area contributed by atoms with Crippen molar-refractivity contribution in [3.63, 3.8) is 0 Å². The molecule has 7 nitrogen and oxygen atoms in total. The van der Waals surface area contributed by atoms with Crippen LogP contribution in [0.15, 0.2) is 30.6 Å². The SMILES string of the molecule is Cc1cncc(-c2ccc(C34CN(C(=O)C5CCCCC5)CC3C(=O)N(C)C(=N)N4)s2)c1. The van der Waals surface area contributed by atoms with Crippen LogP contribution in [-0.2, 0) is 15.1 Å². The van der Waals surface area contributed by atoms with Crippen LogP contribution in [0.4, 0.5) is 0 Å². The fraction of sp³-hybridized carbons (Fsp3) is 0.500. The number of likely N-dealkylation sites (tertiary alicyclic amines) is 1. The number of aryl methyl sites for hydroxylation is 1. The highest BCUT2D eigenvalue weighted by atomic mass is 32.1. The third-order valence-electron chi connectivity index (χ3n) is 7.21. The maximum Gasteiger partial charge on any atom is 0.236 e. The number of hydrogen-bond acceptors (Lipinski definition) is 5. The van der Waals surface area contributed by atoms with Crippen LogP contribution in [0.1, 0.15) is 42.5 Å². The van der Waals surface area contributed by atoms with Gasteiger partial charge >= 0.3 is 0 Å². The van der Waals surface area contributed by atoms with Crippen molar-refractivity contribution < 1.29 is 9.59 Å². The van der Waals surface area contributed by atoms with E-state index in [1.54, 1.807) is 18.4 Å². The number of aromatic nitrogens is 1. The Labute approximate surface area is 192 Å². The van der Waals surface area contributed by atoms with Crippen LogP contribution in [0.3, 0.4) is 0 Å². The first-order chi connectivity index (χ1) is 15.4. The van der Waals surface area contributed by atoms with Crippen molar-refractivity contribution in [3.8, 4) is 10.4 Å². The zero-order chi connectivity index (χ0) is 22.5. The number of rotatable bonds is 3. The standard InChI is InChI=1S/C24H29N5O2S/c1-15-10-17(12-26-11-15)19-8-9-20(32-19)24-14-29(21(30)16-6-4-3-5-7-16)13-18(24)22(31)28(2)23(25)27-24/h8-12,16,18H,3-7,13-14H2,1-2H3,(H2,25,27). The molecule has 3 fully saturated rings. The summed E-state index contributed by atoms with van der Waals surface area (Å²) in [6.07, 6.45) is 8.95. The van der Waals surface area contributed by atoms with Gasteiger partial charge in [-0.15, -0.1) is 11.3 Å². The van der Waals surface area contributed by atoms with Gasteiger partial charge in [0, 0.05) is 53.8 Å². The maximum absolute atomic E-state index is 13.4. The Kier molecular flexibility index (Phi) is 5.28. The van der Waals surface area contributed by atoms with Crippen molar-refractivity contribution in [3.05, 3.63) is 41.0 Å². The van der Waals surface area contributed by atoms with E-state index in [0.29, 0.717) is 13.1 Å². The van der Waals surface area contributed by atoms with Crippen molar-refractivity contribution >= 4 is 29.1 Å². The predicted octanol–water partition coefficient (Wildman–Crippen LogP) is 3.35. The summed E-state index contributed by atoms with van der Waals surface area (Å²) in [7, 11) is 1.63. The Morgan fingerprint density at radius 2 is 2.03 bits per heavy atom. The Morgan fingerprint density at radius 1 is 1.25 bits per heavy atom. The number of carbonyl (C=O) groups excluding carboxylic acids is 2. The molecule has 32 heavy (non-hydrogen) atoms. The summed E-state index contributed by atoms with van der Waals surface area (Å²) in [5, 5.41) is 11.7. The van der Waals surface area contributed by atoms with Gasteiger partial charge in [-0.1, -0.05) is 19.3 Å². The second-order valence-electron chi connectivity index (χ2n) is 9.36. The lowest BCUT2D eigenvalue weighted by Gasteiger charge is -2.42. The fourth-order valence-electron chi connectivity index (χ4n) is 5.42. The van der Waals surface area contributed by atoms with E-state index in [9.17, 15) is 9.59 Å². The molecule has 0 spiro atoms. The highest BCUT2D eigenvalue weighted by Crippen LogP contribution is 2.45.